The van der Waals surface area contributed by atoms with Crippen molar-refractivity contribution in [3.63, 3.8) is 0 Å². The number of aryl methyl sites for hydroxylation is 1. The number of likely N-dealkylation sites (N-methyl/N-ethyl adjacent to an activating group) is 1. The minimum atomic E-state index is -1.98. The van der Waals surface area contributed by atoms with E-state index in [-0.39, 0.29) is 43.5 Å². The van der Waals surface area contributed by atoms with E-state index in [0.29, 0.717) is 81.7 Å². The van der Waals surface area contributed by atoms with Gasteiger partial charge in [0.2, 0.25) is 35.1 Å². The first-order valence-corrected chi connectivity index (χ1v) is 21.5. The molecule has 0 aromatic carbocycles. The van der Waals surface area contributed by atoms with Crippen LogP contribution in [-0.4, -0.2) is 113 Å². The molecular formula is C45H44N15O8+. The first kappa shape index (κ1) is 43.6. The molecule has 0 bridgehead atoms. The maximum absolute atomic E-state index is 13.8. The number of pyridine rings is 2. The first-order chi connectivity index (χ1) is 32.6. The summed E-state index contributed by atoms with van der Waals surface area (Å²) in [5.74, 6) is 0.0293. The van der Waals surface area contributed by atoms with Gasteiger partial charge in [-0.25, -0.2) is 34.4 Å². The molecule has 5 N–H and O–H groups in total. The molecule has 10 rings (SSSR count). The van der Waals surface area contributed by atoms with Crippen LogP contribution < -0.4 is 15.4 Å². The number of nitrogens with zero attached hydrogens (tertiary/aromatic N) is 13. The normalized spacial score (nSPS) is 18.5. The van der Waals surface area contributed by atoms with E-state index in [4.69, 9.17) is 23.5 Å². The summed E-state index contributed by atoms with van der Waals surface area (Å²) in [6, 6.07) is 17.0. The quantitative estimate of drug-likeness (QED) is 0.0976. The molecule has 0 radical (unpaired) electrons. The summed E-state index contributed by atoms with van der Waals surface area (Å²) in [7, 11) is 1.62. The fraction of sp³-hybridized carbons (Fsp3) is 0.289. The molecule has 2 atom stereocenters. The molecule has 10 heterocycles. The van der Waals surface area contributed by atoms with Gasteiger partial charge in [-0.05, 0) is 50.2 Å². The number of nitrogens with one attached hydrogen (secondary N) is 2. The van der Waals surface area contributed by atoms with Crippen LogP contribution in [0.5, 0.6) is 0 Å². The fourth-order valence-corrected chi connectivity index (χ4v) is 7.96. The minimum absolute atomic E-state index is 0.0170. The van der Waals surface area contributed by atoms with Crippen LogP contribution >= 0.6 is 0 Å². The third-order valence-corrected chi connectivity index (χ3v) is 11.5. The van der Waals surface area contributed by atoms with Gasteiger partial charge in [-0.3, -0.25) is 19.2 Å². The molecule has 23 nitrogen and oxygen atoms in total. The lowest BCUT2D eigenvalue weighted by molar-refractivity contribution is -0.874. The number of rotatable bonds is 14. The second kappa shape index (κ2) is 16.9. The van der Waals surface area contributed by atoms with Gasteiger partial charge in [-0.15, -0.1) is 0 Å². The molecule has 2 amide bonds. The zero-order chi connectivity index (χ0) is 47.4. The summed E-state index contributed by atoms with van der Waals surface area (Å²) in [6.45, 7) is 6.03. The van der Waals surface area contributed by atoms with Crippen LogP contribution in [0, 0.1) is 6.92 Å². The largest absolute Gasteiger partial charge is 0.389 e. The zero-order valence-electron chi connectivity index (χ0n) is 37.1. The molecule has 0 aliphatic carbocycles. The van der Waals surface area contributed by atoms with Crippen LogP contribution in [0.4, 0.5) is 23.3 Å². The number of aromatic nitrogens is 11. The third kappa shape index (κ3) is 8.51. The second-order valence-corrected chi connectivity index (χ2v) is 17.3. The average molecular weight is 923 g/mol. The van der Waals surface area contributed by atoms with Crippen molar-refractivity contribution < 1.29 is 43.2 Å². The molecule has 2 aliphatic heterocycles. The van der Waals surface area contributed by atoms with Gasteiger partial charge >= 0.3 is 0 Å². The molecule has 8 aromatic heterocycles. The van der Waals surface area contributed by atoms with Gasteiger partial charge in [0.05, 0.1) is 58.2 Å². The Morgan fingerprint density at radius 1 is 0.750 bits per heavy atom. The van der Waals surface area contributed by atoms with Crippen molar-refractivity contribution in [2.45, 2.75) is 63.6 Å². The Kier molecular flexibility index (Phi) is 10.8. The topological polar surface area (TPSA) is 290 Å². The summed E-state index contributed by atoms with van der Waals surface area (Å²) in [5, 5.41) is 51.7. The van der Waals surface area contributed by atoms with Gasteiger partial charge in [-0.1, -0.05) is 22.4 Å². The lowest BCUT2D eigenvalue weighted by atomic mass is 9.98. The van der Waals surface area contributed by atoms with Crippen LogP contribution in [-0.2, 0) is 34.0 Å². The van der Waals surface area contributed by atoms with E-state index in [9.17, 15) is 24.9 Å². The lowest BCUT2D eigenvalue weighted by Crippen LogP contribution is -2.46. The zero-order valence-corrected chi connectivity index (χ0v) is 37.1. The van der Waals surface area contributed by atoms with Crippen LogP contribution in [0.15, 0.2) is 105 Å². The molecule has 2 saturated heterocycles. The van der Waals surface area contributed by atoms with E-state index in [0.717, 1.165) is 0 Å². The van der Waals surface area contributed by atoms with Gasteiger partial charge in [0.25, 0.3) is 18.5 Å². The van der Waals surface area contributed by atoms with E-state index in [1.54, 1.807) is 112 Å². The van der Waals surface area contributed by atoms with Gasteiger partial charge in [0.1, 0.15) is 11.4 Å². The molecular weight excluding hydrogens is 879 g/mol. The Labute approximate surface area is 386 Å². The maximum Gasteiger partial charge on any atom is 0.270 e. The van der Waals surface area contributed by atoms with Gasteiger partial charge in [0, 0.05) is 75.4 Å². The minimum Gasteiger partial charge on any atom is -0.389 e. The van der Waals surface area contributed by atoms with Crippen molar-refractivity contribution in [3.05, 3.63) is 109 Å². The Balaban J connectivity index is 0.784. The number of carbonyl (C=O) groups excluding carboxylic acids is 2. The number of hydrogen-bond acceptors (Lipinski definition) is 19. The predicted octanol–water partition coefficient (Wildman–Crippen LogP) is 3.47. The smallest absolute Gasteiger partial charge is 0.270 e. The SMILES string of the molecule is Cc1o[n+](CN2CC[C@@](O)(c3cc(-c4cccc(-c5ccnc(Nc6cnn(CC(C)(C)O)c6)n5)n4)no3)C2=O)cc1Nc1nccc(-c2cccc(-c3cc([C@]4(O)CCN(C)C4=O)on3)n2)n1. The van der Waals surface area contributed by atoms with Crippen molar-refractivity contribution in [1.82, 2.24) is 59.8 Å². The van der Waals surface area contributed by atoms with Crippen molar-refractivity contribution in [2.75, 3.05) is 30.8 Å². The third-order valence-electron chi connectivity index (χ3n) is 11.5. The number of aliphatic hydroxyl groups is 3. The van der Waals surface area contributed by atoms with Gasteiger partial charge in [-0.2, -0.15) is 5.10 Å². The van der Waals surface area contributed by atoms with Crippen LogP contribution in [0.1, 0.15) is 44.0 Å². The van der Waals surface area contributed by atoms with Crippen molar-refractivity contribution >= 4 is 35.1 Å². The average Bonchev–Trinajstić information content (AvgIpc) is 4.21. The van der Waals surface area contributed by atoms with E-state index in [1.807, 2.05) is 0 Å². The van der Waals surface area contributed by atoms with Crippen molar-refractivity contribution in [1.29, 1.82) is 0 Å². The highest BCUT2D eigenvalue weighted by Crippen LogP contribution is 2.37. The molecule has 346 valence electrons. The van der Waals surface area contributed by atoms with E-state index < -0.39 is 28.6 Å². The Morgan fingerprint density at radius 2 is 1.29 bits per heavy atom. The predicted molar refractivity (Wildman–Crippen MR) is 237 cm³/mol. The monoisotopic (exact) mass is 922 g/mol. The lowest BCUT2D eigenvalue weighted by Gasteiger charge is -2.17. The van der Waals surface area contributed by atoms with E-state index in [2.05, 4.69) is 46.0 Å². The van der Waals surface area contributed by atoms with E-state index >= 15 is 0 Å². The Hall–Kier alpha value is -8.28. The van der Waals surface area contributed by atoms with Crippen LogP contribution in [0.3, 0.4) is 0 Å². The van der Waals surface area contributed by atoms with Crippen LogP contribution in [0.25, 0.3) is 45.6 Å². The number of carbonyl (C=O) groups is 2. The molecule has 0 unspecified atom stereocenters. The number of anilines is 4. The van der Waals surface area contributed by atoms with Gasteiger partial charge < -0.3 is 39.9 Å². The maximum atomic E-state index is 13.8. The Morgan fingerprint density at radius 3 is 1.87 bits per heavy atom. The highest BCUT2D eigenvalue weighted by atomic mass is 16.5. The molecule has 0 saturated carbocycles. The number of hydrogen-bond donors (Lipinski definition) is 5. The first-order valence-electron chi connectivity index (χ1n) is 21.5. The van der Waals surface area contributed by atoms with Crippen LogP contribution in [0.2, 0.25) is 0 Å². The molecule has 2 fully saturated rings. The Bertz CT molecular complexity index is 3190. The van der Waals surface area contributed by atoms with Gasteiger partial charge in [0.15, 0.2) is 17.2 Å². The second-order valence-electron chi connectivity index (χ2n) is 17.3. The van der Waals surface area contributed by atoms with E-state index in [1.165, 1.54) is 26.7 Å². The molecule has 8 aromatic rings. The molecule has 68 heavy (non-hydrogen) atoms. The number of likely N-dealkylation sites (tertiary alicyclic amines) is 2. The summed E-state index contributed by atoms with van der Waals surface area (Å²) < 4.78 is 20.0. The molecule has 0 spiro atoms. The fourth-order valence-electron chi connectivity index (χ4n) is 7.96. The molecule has 2 aliphatic rings. The highest BCUT2D eigenvalue weighted by Gasteiger charge is 2.51. The summed E-state index contributed by atoms with van der Waals surface area (Å²) in [4.78, 5) is 56.7. The summed E-state index contributed by atoms with van der Waals surface area (Å²) in [6.07, 6.45) is 8.43. The standard InChI is InChI=1S/C45H44N15O8/c1-26-36(54-42-47-16-12-33(53-42)29-8-6-9-30(51-29)34-19-37(66-55-34)44(64)13-17-57(4)39(44)61)23-60(68-26)25-58-18-14-45(65,40(58)62)38-20-35(56-67-38)31-10-5-7-28(50-31)32-11-15-46-41(52-32)49-27-21-48-59(22-27)24-43(2,3)63/h5-12,15-16,19-23,63-65H,13-14,17-18,24-25H2,1-4H3,(H,46,49,52)(H,47,53,54)/q+1/t44-,45-/m1/s1. The molecule has 23 heteroatoms. The highest BCUT2D eigenvalue weighted by molar-refractivity contribution is 5.88. The van der Waals surface area contributed by atoms with Crippen molar-refractivity contribution in [2.24, 2.45) is 0 Å². The number of amides is 2. The summed E-state index contributed by atoms with van der Waals surface area (Å²) in [5.41, 5.74) is 0.0603. The summed E-state index contributed by atoms with van der Waals surface area (Å²) >= 11 is 0. The van der Waals surface area contributed by atoms with Crippen molar-refractivity contribution in [3.8, 4) is 45.6 Å².